The number of fused-ring (bicyclic) bond motifs is 14. The quantitative estimate of drug-likeness (QED) is 0.167. The molecule has 0 unspecified atom stereocenters. The monoisotopic (exact) mass is 616 g/mol. The fourth-order valence-electron chi connectivity index (χ4n) is 8.80. The molecule has 2 aliphatic rings. The predicted molar refractivity (Wildman–Crippen MR) is 204 cm³/mol. The molecule has 4 heterocycles. The Hall–Kier alpha value is -5.32. The molecule has 0 atom stereocenters. The first-order chi connectivity index (χ1) is 23.1. The fraction of sp³-hybridized carbons (Fsp3) is 0.0698. The molecule has 7 aromatic carbocycles. The minimum Gasteiger partial charge on any atom is -0.375 e. The third kappa shape index (κ3) is 3.21. The number of benzene rings is 7. The maximum Gasteiger partial charge on any atom is 0.333 e. The number of thiophene rings is 1. The smallest absolute Gasteiger partial charge is 0.333 e. The molecular formula is C43H29BN2S. The summed E-state index contributed by atoms with van der Waals surface area (Å²) >= 11 is 1.93. The van der Waals surface area contributed by atoms with Gasteiger partial charge in [0, 0.05) is 48.6 Å². The van der Waals surface area contributed by atoms with Crippen LogP contribution in [0.5, 0.6) is 0 Å². The van der Waals surface area contributed by atoms with Gasteiger partial charge >= 0.3 is 6.85 Å². The molecule has 9 aromatic rings. The van der Waals surface area contributed by atoms with Crippen LogP contribution in [0.25, 0.3) is 69.6 Å². The molecule has 2 aromatic heterocycles. The van der Waals surface area contributed by atoms with Gasteiger partial charge in [-0.1, -0.05) is 108 Å². The van der Waals surface area contributed by atoms with Crippen LogP contribution >= 0.6 is 11.3 Å². The average molecular weight is 617 g/mol. The summed E-state index contributed by atoms with van der Waals surface area (Å²) in [6.45, 7) is 6.76. The first-order valence-electron chi connectivity index (χ1n) is 16.5. The highest BCUT2D eigenvalue weighted by Gasteiger charge is 2.45. The van der Waals surface area contributed by atoms with E-state index in [1.165, 1.54) is 109 Å². The van der Waals surface area contributed by atoms with Crippen molar-refractivity contribution in [3.05, 3.63) is 138 Å². The number of hydrogen-bond acceptors (Lipinski definition) is 2. The van der Waals surface area contributed by atoms with E-state index in [0.29, 0.717) is 0 Å². The first-order valence-corrected chi connectivity index (χ1v) is 17.3. The molecule has 0 fully saturated rings. The predicted octanol–water partition coefficient (Wildman–Crippen LogP) is 10.5. The molecule has 0 spiro atoms. The SMILES string of the molecule is Cc1ccc(N2B3c4cc(C)ccc4-n4c5c3c(cc(C)c5c3ccc5ccccc5c34)-c3ccc4c(sc5ccccc54)c32)cc1. The Morgan fingerprint density at radius 2 is 1.36 bits per heavy atom. The summed E-state index contributed by atoms with van der Waals surface area (Å²) in [5.74, 6) is 0. The second kappa shape index (κ2) is 8.93. The van der Waals surface area contributed by atoms with Crippen molar-refractivity contribution in [2.75, 3.05) is 4.81 Å². The van der Waals surface area contributed by atoms with Crippen LogP contribution in [0.15, 0.2) is 121 Å². The molecule has 220 valence electrons. The third-order valence-corrected chi connectivity index (χ3v) is 12.0. The topological polar surface area (TPSA) is 8.17 Å². The van der Waals surface area contributed by atoms with Crippen LogP contribution < -0.4 is 15.7 Å². The highest BCUT2D eigenvalue weighted by atomic mass is 32.1. The fourth-order valence-corrected chi connectivity index (χ4v) is 10.0. The van der Waals surface area contributed by atoms with Crippen molar-refractivity contribution in [3.63, 3.8) is 0 Å². The Labute approximate surface area is 277 Å². The summed E-state index contributed by atoms with van der Waals surface area (Å²) in [5, 5.41) is 7.96. The van der Waals surface area contributed by atoms with E-state index in [4.69, 9.17) is 0 Å². The molecule has 2 aliphatic heterocycles. The maximum atomic E-state index is 2.68. The van der Waals surface area contributed by atoms with E-state index < -0.39 is 0 Å². The number of aromatic nitrogens is 1. The summed E-state index contributed by atoms with van der Waals surface area (Å²) < 4.78 is 5.31. The van der Waals surface area contributed by atoms with E-state index in [9.17, 15) is 0 Å². The van der Waals surface area contributed by atoms with Crippen molar-refractivity contribution in [3.8, 4) is 16.8 Å². The van der Waals surface area contributed by atoms with Gasteiger partial charge in [-0.3, -0.25) is 0 Å². The zero-order valence-corrected chi connectivity index (χ0v) is 27.2. The Kier molecular flexibility index (Phi) is 4.91. The summed E-state index contributed by atoms with van der Waals surface area (Å²) in [6, 6.07) is 46.0. The van der Waals surface area contributed by atoms with Crippen LogP contribution in [0.2, 0.25) is 0 Å². The molecule has 47 heavy (non-hydrogen) atoms. The minimum absolute atomic E-state index is 0.0251. The van der Waals surface area contributed by atoms with Gasteiger partial charge in [0.05, 0.1) is 21.4 Å². The van der Waals surface area contributed by atoms with Gasteiger partial charge in [-0.25, -0.2) is 0 Å². The van der Waals surface area contributed by atoms with Gasteiger partial charge in [0.1, 0.15) is 0 Å². The number of nitrogens with zero attached hydrogens (tertiary/aromatic N) is 2. The lowest BCUT2D eigenvalue weighted by Crippen LogP contribution is -2.60. The largest absolute Gasteiger partial charge is 0.375 e. The molecule has 0 saturated carbocycles. The third-order valence-electron chi connectivity index (χ3n) is 10.8. The van der Waals surface area contributed by atoms with Crippen LogP contribution in [0.3, 0.4) is 0 Å². The van der Waals surface area contributed by atoms with E-state index in [2.05, 4.69) is 151 Å². The lowest BCUT2D eigenvalue weighted by atomic mass is 9.43. The van der Waals surface area contributed by atoms with Crippen molar-refractivity contribution < 1.29 is 0 Å². The number of rotatable bonds is 1. The normalized spacial score (nSPS) is 13.3. The maximum absolute atomic E-state index is 2.68. The Morgan fingerprint density at radius 3 is 2.23 bits per heavy atom. The van der Waals surface area contributed by atoms with Gasteiger partial charge in [0.25, 0.3) is 0 Å². The van der Waals surface area contributed by atoms with E-state index in [-0.39, 0.29) is 6.85 Å². The van der Waals surface area contributed by atoms with Crippen molar-refractivity contribution in [1.82, 2.24) is 4.57 Å². The Morgan fingerprint density at radius 1 is 0.596 bits per heavy atom. The summed E-state index contributed by atoms with van der Waals surface area (Å²) in [6.07, 6.45) is 0. The Balaban J connectivity index is 1.40. The molecule has 0 N–H and O–H groups in total. The van der Waals surface area contributed by atoms with Crippen LogP contribution in [0, 0.1) is 20.8 Å². The van der Waals surface area contributed by atoms with Gasteiger partial charge in [-0.15, -0.1) is 11.3 Å². The second-order valence-electron chi connectivity index (χ2n) is 13.5. The highest BCUT2D eigenvalue weighted by Crippen LogP contribution is 2.51. The molecular weight excluding hydrogens is 587 g/mol. The van der Waals surface area contributed by atoms with Gasteiger partial charge < -0.3 is 9.38 Å². The van der Waals surface area contributed by atoms with E-state index in [0.717, 1.165) is 0 Å². The lowest BCUT2D eigenvalue weighted by Gasteiger charge is -2.42. The van der Waals surface area contributed by atoms with Crippen molar-refractivity contribution in [1.29, 1.82) is 0 Å². The zero-order chi connectivity index (χ0) is 31.1. The van der Waals surface area contributed by atoms with Crippen molar-refractivity contribution in [2.24, 2.45) is 0 Å². The zero-order valence-electron chi connectivity index (χ0n) is 26.4. The molecule has 11 rings (SSSR count). The summed E-state index contributed by atoms with van der Waals surface area (Å²) in [4.78, 5) is 2.68. The second-order valence-corrected chi connectivity index (χ2v) is 14.6. The molecule has 0 aliphatic carbocycles. The molecule has 0 saturated heterocycles. The van der Waals surface area contributed by atoms with Crippen molar-refractivity contribution in [2.45, 2.75) is 20.8 Å². The van der Waals surface area contributed by atoms with E-state index >= 15 is 0 Å². The van der Waals surface area contributed by atoms with Crippen LogP contribution in [0.1, 0.15) is 16.7 Å². The number of aryl methyl sites for hydroxylation is 3. The van der Waals surface area contributed by atoms with Gasteiger partial charge in [-0.05, 0) is 72.5 Å². The average Bonchev–Trinajstić information content (AvgIpc) is 3.66. The first kappa shape index (κ1) is 25.8. The summed E-state index contributed by atoms with van der Waals surface area (Å²) in [7, 11) is 0. The van der Waals surface area contributed by atoms with Crippen LogP contribution in [-0.4, -0.2) is 11.4 Å². The number of anilines is 2. The molecule has 0 bridgehead atoms. The highest BCUT2D eigenvalue weighted by molar-refractivity contribution is 7.26. The Bertz CT molecular complexity index is 2840. The van der Waals surface area contributed by atoms with Gasteiger partial charge in [0.2, 0.25) is 0 Å². The number of hydrogen-bond donors (Lipinski definition) is 0. The van der Waals surface area contributed by atoms with E-state index in [1.54, 1.807) is 0 Å². The van der Waals surface area contributed by atoms with Gasteiger partial charge in [0.15, 0.2) is 0 Å². The minimum atomic E-state index is 0.0251. The van der Waals surface area contributed by atoms with Crippen molar-refractivity contribution >= 4 is 93.2 Å². The lowest BCUT2D eigenvalue weighted by molar-refractivity contribution is 1.18. The van der Waals surface area contributed by atoms with Crippen LogP contribution in [0.4, 0.5) is 11.4 Å². The molecule has 4 heteroatoms. The molecule has 0 amide bonds. The van der Waals surface area contributed by atoms with E-state index in [1.807, 2.05) is 11.3 Å². The molecule has 2 nitrogen and oxygen atoms in total. The van der Waals surface area contributed by atoms with Gasteiger partial charge in [-0.2, -0.15) is 0 Å². The standard InChI is InChI=1S/C43H29BN2S/c1-24-12-16-28(17-13-24)46-41-31(19-20-32-30-10-6-7-11-37(30)47-43(32)41)34-23-26(3)38-33-18-15-27-8-4-5-9-29(27)40(33)45-36-21-14-25(2)22-35(36)44(46)39(34)42(38)45/h4-23H,1-3H3. The van der Waals surface area contributed by atoms with Crippen LogP contribution in [-0.2, 0) is 0 Å². The summed E-state index contributed by atoms with van der Waals surface area (Å²) in [5.41, 5.74) is 15.8. The molecule has 0 radical (unpaired) electrons.